The molecule has 5 heteroatoms. The summed E-state index contributed by atoms with van der Waals surface area (Å²) in [4.78, 5) is 15.3. The molecule has 0 aliphatic carbocycles. The van der Waals surface area contributed by atoms with Gasteiger partial charge in [-0.2, -0.15) is 11.8 Å². The second kappa shape index (κ2) is 9.83. The van der Waals surface area contributed by atoms with Crippen LogP contribution in [0, 0.1) is 0 Å². The first-order valence-electron chi connectivity index (χ1n) is 9.44. The van der Waals surface area contributed by atoms with Gasteiger partial charge in [0.15, 0.2) is 0 Å². The monoisotopic (exact) mass is 371 g/mol. The summed E-state index contributed by atoms with van der Waals surface area (Å²) < 4.78 is 2.04. The van der Waals surface area contributed by atoms with Gasteiger partial charge in [0.25, 0.3) is 0 Å². The van der Waals surface area contributed by atoms with Crippen molar-refractivity contribution < 1.29 is 4.79 Å². The molecule has 1 aliphatic heterocycles. The number of thioether (sulfide) groups is 1. The Labute approximate surface area is 161 Å². The van der Waals surface area contributed by atoms with Crippen molar-refractivity contribution in [2.75, 3.05) is 25.1 Å². The molecular formula is C21H29N3OS. The molecule has 1 saturated heterocycles. The van der Waals surface area contributed by atoms with E-state index in [9.17, 15) is 4.79 Å². The molecule has 0 bridgehead atoms. The third-order valence-corrected chi connectivity index (χ3v) is 5.71. The van der Waals surface area contributed by atoms with Gasteiger partial charge in [0, 0.05) is 38.1 Å². The van der Waals surface area contributed by atoms with Crippen molar-refractivity contribution >= 4 is 17.7 Å². The number of aromatic nitrogens is 1. The van der Waals surface area contributed by atoms with Crippen LogP contribution in [0.2, 0.25) is 0 Å². The lowest BCUT2D eigenvalue weighted by Gasteiger charge is -2.33. The van der Waals surface area contributed by atoms with Crippen LogP contribution in [0.4, 0.5) is 0 Å². The van der Waals surface area contributed by atoms with Crippen LogP contribution in [0.25, 0.3) is 0 Å². The molecule has 1 unspecified atom stereocenters. The number of carbonyl (C=O) groups is 1. The highest BCUT2D eigenvalue weighted by molar-refractivity contribution is 7.98. The first-order chi connectivity index (χ1) is 12.8. The third-order valence-electron chi connectivity index (χ3n) is 5.07. The highest BCUT2D eigenvalue weighted by Crippen LogP contribution is 2.18. The topological polar surface area (TPSA) is 37.3 Å². The molecule has 1 aliphatic rings. The molecule has 140 valence electrons. The Morgan fingerprint density at radius 3 is 2.50 bits per heavy atom. The molecule has 26 heavy (non-hydrogen) atoms. The average molecular weight is 372 g/mol. The van der Waals surface area contributed by atoms with Gasteiger partial charge in [-0.15, -0.1) is 0 Å². The lowest BCUT2D eigenvalue weighted by atomic mass is 10.0. The van der Waals surface area contributed by atoms with E-state index in [2.05, 4.69) is 46.8 Å². The molecular weight excluding hydrogens is 342 g/mol. The van der Waals surface area contributed by atoms with Crippen LogP contribution in [0.1, 0.15) is 30.9 Å². The molecule has 1 fully saturated rings. The number of nitrogens with zero attached hydrogens (tertiary/aromatic N) is 2. The number of hydrogen-bond donors (Lipinski definition) is 1. The number of likely N-dealkylation sites (tertiary alicyclic amines) is 1. The van der Waals surface area contributed by atoms with E-state index in [0.717, 1.165) is 44.6 Å². The van der Waals surface area contributed by atoms with E-state index in [1.165, 1.54) is 5.56 Å². The number of benzene rings is 1. The third kappa shape index (κ3) is 5.39. The summed E-state index contributed by atoms with van der Waals surface area (Å²) in [6.07, 6.45) is 9.00. The summed E-state index contributed by atoms with van der Waals surface area (Å²) in [5.41, 5.74) is 1.36. The predicted octanol–water partition coefficient (Wildman–Crippen LogP) is 3.56. The van der Waals surface area contributed by atoms with E-state index in [1.807, 2.05) is 29.1 Å². The first kappa shape index (κ1) is 19.1. The van der Waals surface area contributed by atoms with Crippen molar-refractivity contribution in [1.29, 1.82) is 0 Å². The van der Waals surface area contributed by atoms with Crippen LogP contribution in [-0.4, -0.2) is 46.5 Å². The van der Waals surface area contributed by atoms with Crippen LogP contribution in [0.3, 0.4) is 0 Å². The maximum absolute atomic E-state index is 12.8. The maximum atomic E-state index is 12.8. The number of nitrogens with one attached hydrogen (secondary N) is 1. The minimum absolute atomic E-state index is 0.0974. The lowest BCUT2D eigenvalue weighted by molar-refractivity contribution is -0.125. The molecule has 4 nitrogen and oxygen atoms in total. The normalized spacial score (nSPS) is 17.1. The SMILES string of the molecule is CSCCC(C(=O)NC1CCN(Cc2ccccc2)CC1)n1cccc1. The number of hydrogen-bond acceptors (Lipinski definition) is 3. The summed E-state index contributed by atoms with van der Waals surface area (Å²) in [6, 6.07) is 14.8. The van der Waals surface area contributed by atoms with Gasteiger partial charge in [-0.25, -0.2) is 0 Å². The Kier molecular flexibility index (Phi) is 7.21. The number of rotatable bonds is 8. The van der Waals surface area contributed by atoms with Gasteiger partial charge in [-0.3, -0.25) is 9.69 Å². The zero-order valence-electron chi connectivity index (χ0n) is 15.5. The Hall–Kier alpha value is -1.72. The summed E-state index contributed by atoms with van der Waals surface area (Å²) in [5, 5.41) is 3.30. The quantitative estimate of drug-likeness (QED) is 0.771. The molecule has 1 aromatic carbocycles. The molecule has 1 atom stereocenters. The molecule has 0 spiro atoms. The van der Waals surface area contributed by atoms with E-state index in [0.29, 0.717) is 6.04 Å². The zero-order valence-corrected chi connectivity index (χ0v) is 16.3. The van der Waals surface area contributed by atoms with Gasteiger partial charge in [0.2, 0.25) is 5.91 Å². The molecule has 1 N–H and O–H groups in total. The largest absolute Gasteiger partial charge is 0.351 e. The molecule has 1 aromatic heterocycles. The van der Waals surface area contributed by atoms with E-state index < -0.39 is 0 Å². The van der Waals surface area contributed by atoms with Crippen LogP contribution in [0.5, 0.6) is 0 Å². The van der Waals surface area contributed by atoms with Gasteiger partial charge in [0.1, 0.15) is 6.04 Å². The Balaban J connectivity index is 1.49. The molecule has 0 saturated carbocycles. The molecule has 2 aromatic rings. The van der Waals surface area contributed by atoms with Crippen molar-refractivity contribution in [3.63, 3.8) is 0 Å². The van der Waals surface area contributed by atoms with E-state index in [1.54, 1.807) is 11.8 Å². The average Bonchev–Trinajstić information content (AvgIpc) is 3.19. The fourth-order valence-electron chi connectivity index (χ4n) is 3.58. The Morgan fingerprint density at radius 1 is 1.15 bits per heavy atom. The summed E-state index contributed by atoms with van der Waals surface area (Å²) in [7, 11) is 0. The predicted molar refractivity (Wildman–Crippen MR) is 109 cm³/mol. The van der Waals surface area contributed by atoms with Crippen molar-refractivity contribution in [2.24, 2.45) is 0 Å². The minimum Gasteiger partial charge on any atom is -0.351 e. The van der Waals surface area contributed by atoms with Gasteiger partial charge in [0.05, 0.1) is 0 Å². The van der Waals surface area contributed by atoms with Crippen molar-refractivity contribution in [1.82, 2.24) is 14.8 Å². The summed E-state index contributed by atoms with van der Waals surface area (Å²) in [6.45, 7) is 3.08. The fraction of sp³-hybridized carbons (Fsp3) is 0.476. The van der Waals surface area contributed by atoms with Gasteiger partial charge >= 0.3 is 0 Å². The highest BCUT2D eigenvalue weighted by atomic mass is 32.2. The molecule has 0 radical (unpaired) electrons. The maximum Gasteiger partial charge on any atom is 0.243 e. The van der Waals surface area contributed by atoms with Gasteiger partial charge in [-0.05, 0) is 49.0 Å². The molecule has 1 amide bonds. The lowest BCUT2D eigenvalue weighted by Crippen LogP contribution is -2.46. The van der Waals surface area contributed by atoms with Crippen molar-refractivity contribution in [3.8, 4) is 0 Å². The number of carbonyl (C=O) groups excluding carboxylic acids is 1. The molecule has 3 rings (SSSR count). The second-order valence-electron chi connectivity index (χ2n) is 6.97. The van der Waals surface area contributed by atoms with Crippen LogP contribution in [0.15, 0.2) is 54.9 Å². The van der Waals surface area contributed by atoms with Crippen molar-refractivity contribution in [2.45, 2.75) is 37.9 Å². The summed E-state index contributed by atoms with van der Waals surface area (Å²) >= 11 is 1.79. The van der Waals surface area contributed by atoms with Crippen LogP contribution >= 0.6 is 11.8 Å². The van der Waals surface area contributed by atoms with Crippen LogP contribution < -0.4 is 5.32 Å². The van der Waals surface area contributed by atoms with Crippen LogP contribution in [-0.2, 0) is 11.3 Å². The number of amides is 1. The fourth-order valence-corrected chi connectivity index (χ4v) is 4.03. The van der Waals surface area contributed by atoms with E-state index in [4.69, 9.17) is 0 Å². The second-order valence-corrected chi connectivity index (χ2v) is 7.96. The summed E-state index contributed by atoms with van der Waals surface area (Å²) in [5.74, 6) is 1.16. The van der Waals surface area contributed by atoms with E-state index in [-0.39, 0.29) is 11.9 Å². The standard InChI is InChI=1S/C21H29N3OS/c1-26-16-11-20(24-12-5-6-13-24)21(25)22-19-9-14-23(15-10-19)17-18-7-3-2-4-8-18/h2-8,12-13,19-20H,9-11,14-17H2,1H3,(H,22,25). The van der Waals surface area contributed by atoms with Gasteiger partial charge in [-0.1, -0.05) is 30.3 Å². The van der Waals surface area contributed by atoms with Gasteiger partial charge < -0.3 is 9.88 Å². The zero-order chi connectivity index (χ0) is 18.2. The Morgan fingerprint density at radius 2 is 1.85 bits per heavy atom. The van der Waals surface area contributed by atoms with Crippen molar-refractivity contribution in [3.05, 3.63) is 60.4 Å². The minimum atomic E-state index is -0.0974. The molecule has 2 heterocycles. The number of piperidine rings is 1. The smallest absolute Gasteiger partial charge is 0.243 e. The Bertz CT molecular complexity index is 651. The highest BCUT2D eigenvalue weighted by Gasteiger charge is 2.25. The van der Waals surface area contributed by atoms with E-state index >= 15 is 0 Å². The first-order valence-corrected chi connectivity index (χ1v) is 10.8.